The minimum Gasteiger partial charge on any atom is -0.353 e. The Labute approximate surface area is 115 Å². The second-order valence-corrected chi connectivity index (χ2v) is 5.14. The van der Waals surface area contributed by atoms with Gasteiger partial charge in [-0.25, -0.2) is 0 Å². The normalized spacial score (nSPS) is 14.6. The van der Waals surface area contributed by atoms with Gasteiger partial charge >= 0.3 is 0 Å². The highest BCUT2D eigenvalue weighted by molar-refractivity contribution is 5.76. The molecule has 1 aromatic carbocycles. The predicted molar refractivity (Wildman–Crippen MR) is 76.6 cm³/mol. The van der Waals surface area contributed by atoms with Gasteiger partial charge < -0.3 is 11.1 Å². The van der Waals surface area contributed by atoms with Crippen LogP contribution in [-0.4, -0.2) is 36.5 Å². The van der Waals surface area contributed by atoms with Crippen LogP contribution in [0.25, 0.3) is 0 Å². The van der Waals surface area contributed by atoms with E-state index in [2.05, 4.69) is 22.3 Å². The first kappa shape index (κ1) is 14.0. The van der Waals surface area contributed by atoms with Gasteiger partial charge in [0.15, 0.2) is 0 Å². The molecule has 1 aromatic rings. The minimum atomic E-state index is 0.164. The van der Waals surface area contributed by atoms with Crippen LogP contribution in [-0.2, 0) is 11.3 Å². The maximum Gasteiger partial charge on any atom is 0.221 e. The van der Waals surface area contributed by atoms with E-state index in [4.69, 9.17) is 5.73 Å². The summed E-state index contributed by atoms with van der Waals surface area (Å²) in [5, 5.41) is 3.02. The summed E-state index contributed by atoms with van der Waals surface area (Å²) in [4.78, 5) is 13.9. The molecule has 0 unspecified atom stereocenters. The van der Waals surface area contributed by atoms with Crippen LogP contribution in [0.15, 0.2) is 30.3 Å². The molecular formula is C15H23N3O. The lowest BCUT2D eigenvalue weighted by Gasteiger charge is -2.21. The quantitative estimate of drug-likeness (QED) is 0.737. The molecule has 1 saturated carbocycles. The van der Waals surface area contributed by atoms with E-state index >= 15 is 0 Å². The van der Waals surface area contributed by atoms with Crippen molar-refractivity contribution in [1.82, 2.24) is 10.2 Å². The zero-order valence-electron chi connectivity index (χ0n) is 11.3. The molecular weight excluding hydrogens is 238 g/mol. The highest BCUT2D eigenvalue weighted by atomic mass is 16.1. The standard InChI is InChI=1S/C15H23N3O/c16-9-11-18(12-13-4-2-1-3-5-13)10-8-15(19)17-14-6-7-14/h1-5,14H,6-12,16H2,(H,17,19). The smallest absolute Gasteiger partial charge is 0.221 e. The molecule has 0 saturated heterocycles. The van der Waals surface area contributed by atoms with Crippen LogP contribution in [0, 0.1) is 0 Å². The van der Waals surface area contributed by atoms with Crippen molar-refractivity contribution in [3.8, 4) is 0 Å². The van der Waals surface area contributed by atoms with Crippen LogP contribution in [0.1, 0.15) is 24.8 Å². The Bertz CT molecular complexity index is 390. The summed E-state index contributed by atoms with van der Waals surface area (Å²) < 4.78 is 0. The van der Waals surface area contributed by atoms with Crippen LogP contribution in [0.5, 0.6) is 0 Å². The number of rotatable bonds is 8. The molecule has 2 rings (SSSR count). The first-order valence-corrected chi connectivity index (χ1v) is 7.03. The molecule has 0 radical (unpaired) electrons. The topological polar surface area (TPSA) is 58.4 Å². The van der Waals surface area contributed by atoms with Crippen molar-refractivity contribution in [2.24, 2.45) is 5.73 Å². The van der Waals surface area contributed by atoms with E-state index in [1.807, 2.05) is 18.2 Å². The van der Waals surface area contributed by atoms with E-state index in [0.29, 0.717) is 19.0 Å². The average molecular weight is 261 g/mol. The number of amides is 1. The number of carbonyl (C=O) groups is 1. The molecule has 1 amide bonds. The Hall–Kier alpha value is -1.39. The summed E-state index contributed by atoms with van der Waals surface area (Å²) in [6, 6.07) is 10.7. The predicted octanol–water partition coefficient (Wildman–Crippen LogP) is 1.12. The summed E-state index contributed by atoms with van der Waals surface area (Å²) in [6.07, 6.45) is 2.84. The van der Waals surface area contributed by atoms with Gasteiger partial charge in [-0.05, 0) is 18.4 Å². The average Bonchev–Trinajstić information content (AvgIpc) is 3.21. The van der Waals surface area contributed by atoms with Gasteiger partial charge in [0.25, 0.3) is 0 Å². The zero-order valence-corrected chi connectivity index (χ0v) is 11.3. The summed E-state index contributed by atoms with van der Waals surface area (Å²) in [6.45, 7) is 3.07. The number of benzene rings is 1. The van der Waals surface area contributed by atoms with Crippen LogP contribution < -0.4 is 11.1 Å². The number of hydrogen-bond donors (Lipinski definition) is 2. The third-order valence-corrected chi connectivity index (χ3v) is 3.29. The van der Waals surface area contributed by atoms with Crippen molar-refractivity contribution in [2.75, 3.05) is 19.6 Å². The van der Waals surface area contributed by atoms with Gasteiger partial charge in [-0.15, -0.1) is 0 Å². The lowest BCUT2D eigenvalue weighted by molar-refractivity contribution is -0.121. The van der Waals surface area contributed by atoms with Crippen molar-refractivity contribution in [3.63, 3.8) is 0 Å². The highest BCUT2D eigenvalue weighted by Crippen LogP contribution is 2.18. The molecule has 4 nitrogen and oxygen atoms in total. The molecule has 0 atom stereocenters. The second kappa shape index (κ2) is 7.26. The van der Waals surface area contributed by atoms with Gasteiger partial charge in [0.2, 0.25) is 5.91 Å². The van der Waals surface area contributed by atoms with Crippen molar-refractivity contribution in [1.29, 1.82) is 0 Å². The minimum absolute atomic E-state index is 0.164. The van der Waals surface area contributed by atoms with Gasteiger partial charge in [-0.2, -0.15) is 0 Å². The van der Waals surface area contributed by atoms with E-state index < -0.39 is 0 Å². The molecule has 0 aliphatic heterocycles. The Morgan fingerprint density at radius 2 is 2.00 bits per heavy atom. The van der Waals surface area contributed by atoms with Crippen LogP contribution in [0.3, 0.4) is 0 Å². The number of nitrogens with zero attached hydrogens (tertiary/aromatic N) is 1. The largest absolute Gasteiger partial charge is 0.353 e. The number of carbonyl (C=O) groups excluding carboxylic acids is 1. The van der Waals surface area contributed by atoms with Crippen molar-refractivity contribution in [3.05, 3.63) is 35.9 Å². The maximum atomic E-state index is 11.7. The number of hydrogen-bond acceptors (Lipinski definition) is 3. The van der Waals surface area contributed by atoms with E-state index in [1.165, 1.54) is 5.56 Å². The molecule has 0 spiro atoms. The lowest BCUT2D eigenvalue weighted by atomic mass is 10.2. The van der Waals surface area contributed by atoms with Crippen molar-refractivity contribution in [2.45, 2.75) is 31.8 Å². The highest BCUT2D eigenvalue weighted by Gasteiger charge is 2.23. The molecule has 1 aliphatic carbocycles. The summed E-state index contributed by atoms with van der Waals surface area (Å²) in [5.41, 5.74) is 6.90. The maximum absolute atomic E-state index is 11.7. The molecule has 0 bridgehead atoms. The number of nitrogens with two attached hydrogens (primary N) is 1. The monoisotopic (exact) mass is 261 g/mol. The molecule has 1 fully saturated rings. The third-order valence-electron chi connectivity index (χ3n) is 3.29. The molecule has 19 heavy (non-hydrogen) atoms. The fraction of sp³-hybridized carbons (Fsp3) is 0.533. The first-order chi connectivity index (χ1) is 9.28. The summed E-state index contributed by atoms with van der Waals surface area (Å²) in [5.74, 6) is 0.164. The molecule has 4 heteroatoms. The summed E-state index contributed by atoms with van der Waals surface area (Å²) >= 11 is 0. The fourth-order valence-electron chi connectivity index (χ4n) is 2.08. The Balaban J connectivity index is 1.76. The van der Waals surface area contributed by atoms with Crippen LogP contribution in [0.4, 0.5) is 0 Å². The Kier molecular flexibility index (Phi) is 5.36. The molecule has 1 aliphatic rings. The Morgan fingerprint density at radius 3 is 2.63 bits per heavy atom. The Morgan fingerprint density at radius 1 is 1.26 bits per heavy atom. The van der Waals surface area contributed by atoms with Crippen LogP contribution in [0.2, 0.25) is 0 Å². The van der Waals surface area contributed by atoms with Crippen LogP contribution >= 0.6 is 0 Å². The number of nitrogens with one attached hydrogen (secondary N) is 1. The van der Waals surface area contributed by atoms with E-state index in [0.717, 1.165) is 32.5 Å². The van der Waals surface area contributed by atoms with Crippen molar-refractivity contribution < 1.29 is 4.79 Å². The molecule has 0 heterocycles. The third kappa shape index (κ3) is 5.41. The van der Waals surface area contributed by atoms with Gasteiger partial charge in [0.1, 0.15) is 0 Å². The molecule has 104 valence electrons. The SMILES string of the molecule is NCCN(CCC(=O)NC1CC1)Cc1ccccc1. The van der Waals surface area contributed by atoms with Crippen molar-refractivity contribution >= 4 is 5.91 Å². The summed E-state index contributed by atoms with van der Waals surface area (Å²) in [7, 11) is 0. The fourth-order valence-corrected chi connectivity index (χ4v) is 2.08. The first-order valence-electron chi connectivity index (χ1n) is 7.03. The molecule has 0 aromatic heterocycles. The zero-order chi connectivity index (χ0) is 13.5. The van der Waals surface area contributed by atoms with E-state index in [1.54, 1.807) is 0 Å². The van der Waals surface area contributed by atoms with E-state index in [9.17, 15) is 4.79 Å². The second-order valence-electron chi connectivity index (χ2n) is 5.14. The van der Waals surface area contributed by atoms with Gasteiger partial charge in [-0.1, -0.05) is 30.3 Å². The lowest BCUT2D eigenvalue weighted by Crippen LogP contribution is -2.34. The van der Waals surface area contributed by atoms with Gasteiger partial charge in [0, 0.05) is 38.6 Å². The molecule has 3 N–H and O–H groups in total. The van der Waals surface area contributed by atoms with Gasteiger partial charge in [-0.3, -0.25) is 9.69 Å². The van der Waals surface area contributed by atoms with Gasteiger partial charge in [0.05, 0.1) is 0 Å². The van der Waals surface area contributed by atoms with E-state index in [-0.39, 0.29) is 5.91 Å².